The summed E-state index contributed by atoms with van der Waals surface area (Å²) >= 11 is 0. The topological polar surface area (TPSA) is 46.5 Å². The third kappa shape index (κ3) is 2.85. The Morgan fingerprint density at radius 3 is 2.76 bits per heavy atom. The molecular formula is C20H19N3O2. The number of hydrogen-bond acceptors (Lipinski definition) is 2. The molecule has 1 aliphatic rings. The number of benzene rings is 2. The number of anilines is 1. The van der Waals surface area contributed by atoms with Crippen molar-refractivity contribution in [3.8, 4) is 11.4 Å². The molecule has 1 aromatic heterocycles. The van der Waals surface area contributed by atoms with Crippen LogP contribution in [0.4, 0.5) is 10.5 Å². The van der Waals surface area contributed by atoms with Crippen LogP contribution >= 0.6 is 0 Å². The van der Waals surface area contributed by atoms with Crippen molar-refractivity contribution in [1.82, 2.24) is 9.88 Å². The number of rotatable bonds is 3. The lowest BCUT2D eigenvalue weighted by molar-refractivity contribution is 0.245. The van der Waals surface area contributed by atoms with E-state index < -0.39 is 0 Å². The van der Waals surface area contributed by atoms with Gasteiger partial charge >= 0.3 is 6.03 Å². The van der Waals surface area contributed by atoms with Gasteiger partial charge in [0.1, 0.15) is 5.75 Å². The molecule has 0 unspecified atom stereocenters. The van der Waals surface area contributed by atoms with E-state index in [4.69, 9.17) is 4.74 Å². The molecule has 4 rings (SSSR count). The minimum Gasteiger partial charge on any atom is -0.497 e. The van der Waals surface area contributed by atoms with Crippen LogP contribution in [0.2, 0.25) is 0 Å². The van der Waals surface area contributed by atoms with Gasteiger partial charge in [0, 0.05) is 18.4 Å². The van der Waals surface area contributed by atoms with Crippen LogP contribution in [0.25, 0.3) is 5.69 Å². The van der Waals surface area contributed by atoms with E-state index >= 15 is 0 Å². The molecule has 0 aliphatic carbocycles. The molecule has 2 aromatic carbocycles. The molecule has 5 nitrogen and oxygen atoms in total. The molecule has 3 aromatic rings. The average Bonchev–Trinajstić information content (AvgIpc) is 3.14. The number of methoxy groups -OCH3 is 1. The highest BCUT2D eigenvalue weighted by molar-refractivity contribution is 5.94. The second kappa shape index (κ2) is 6.36. The first-order chi connectivity index (χ1) is 12.3. The van der Waals surface area contributed by atoms with Crippen molar-refractivity contribution in [2.24, 2.45) is 0 Å². The maximum Gasteiger partial charge on any atom is 0.322 e. The minimum atomic E-state index is -0.109. The maximum atomic E-state index is 12.8. The number of hydrogen-bond donors (Lipinski definition) is 1. The van der Waals surface area contributed by atoms with Gasteiger partial charge in [-0.25, -0.2) is 4.79 Å². The molecule has 0 atom stereocenters. The minimum absolute atomic E-state index is 0.109. The fourth-order valence-corrected chi connectivity index (χ4v) is 3.16. The van der Waals surface area contributed by atoms with Gasteiger partial charge in [-0.15, -0.1) is 0 Å². The molecule has 0 fully saturated rings. The highest BCUT2D eigenvalue weighted by Gasteiger charge is 2.25. The van der Waals surface area contributed by atoms with Gasteiger partial charge in [-0.3, -0.25) is 4.90 Å². The standard InChI is InChI=1S/C20H19N3O2/c1-25-17-8-4-6-15(12-17)13-21-20(24)23-14-16-7-5-11-22(16)18-9-2-3-10-19(18)23/h2-12H,13-14H2,1H3,(H,21,24). The number of ether oxygens (including phenoxy) is 1. The van der Waals surface area contributed by atoms with Crippen LogP contribution in [0.5, 0.6) is 5.75 Å². The fraction of sp³-hybridized carbons (Fsp3) is 0.150. The summed E-state index contributed by atoms with van der Waals surface area (Å²) in [5.74, 6) is 0.785. The molecule has 0 saturated carbocycles. The van der Waals surface area contributed by atoms with E-state index in [-0.39, 0.29) is 6.03 Å². The van der Waals surface area contributed by atoms with E-state index in [1.165, 1.54) is 0 Å². The second-order valence-electron chi connectivity index (χ2n) is 5.95. The van der Waals surface area contributed by atoms with Crippen molar-refractivity contribution in [2.45, 2.75) is 13.1 Å². The lowest BCUT2D eigenvalue weighted by Gasteiger charge is -2.31. The zero-order valence-corrected chi connectivity index (χ0v) is 14.0. The smallest absolute Gasteiger partial charge is 0.322 e. The summed E-state index contributed by atoms with van der Waals surface area (Å²) in [6.07, 6.45) is 2.03. The lowest BCUT2D eigenvalue weighted by atomic mass is 10.2. The van der Waals surface area contributed by atoms with Gasteiger partial charge in [0.05, 0.1) is 25.0 Å². The Hall–Kier alpha value is -3.21. The van der Waals surface area contributed by atoms with E-state index in [0.717, 1.165) is 28.4 Å². The molecule has 1 N–H and O–H groups in total. The van der Waals surface area contributed by atoms with Crippen LogP contribution in [0.3, 0.4) is 0 Å². The first kappa shape index (κ1) is 15.3. The number of nitrogens with one attached hydrogen (secondary N) is 1. The Morgan fingerprint density at radius 1 is 1.08 bits per heavy atom. The SMILES string of the molecule is COc1cccc(CNC(=O)N2Cc3cccn3-c3ccccc32)c1. The van der Waals surface area contributed by atoms with Crippen LogP contribution in [-0.2, 0) is 13.1 Å². The Bertz CT molecular complexity index is 917. The summed E-state index contributed by atoms with van der Waals surface area (Å²) in [5.41, 5.74) is 4.02. The first-order valence-corrected chi connectivity index (χ1v) is 8.20. The number of aromatic nitrogens is 1. The monoisotopic (exact) mass is 333 g/mol. The molecule has 25 heavy (non-hydrogen) atoms. The summed E-state index contributed by atoms with van der Waals surface area (Å²) < 4.78 is 7.35. The van der Waals surface area contributed by atoms with Gasteiger partial charge in [-0.05, 0) is 42.0 Å². The normalized spacial score (nSPS) is 12.3. The largest absolute Gasteiger partial charge is 0.497 e. The van der Waals surface area contributed by atoms with Crippen molar-refractivity contribution in [3.63, 3.8) is 0 Å². The zero-order chi connectivity index (χ0) is 17.2. The highest BCUT2D eigenvalue weighted by atomic mass is 16.5. The maximum absolute atomic E-state index is 12.8. The van der Waals surface area contributed by atoms with Crippen molar-refractivity contribution < 1.29 is 9.53 Å². The van der Waals surface area contributed by atoms with Crippen LogP contribution in [-0.4, -0.2) is 17.7 Å². The van der Waals surface area contributed by atoms with Gasteiger partial charge < -0.3 is 14.6 Å². The quantitative estimate of drug-likeness (QED) is 0.794. The molecule has 1 aliphatic heterocycles. The third-order valence-corrected chi connectivity index (χ3v) is 4.41. The van der Waals surface area contributed by atoms with E-state index in [2.05, 4.69) is 9.88 Å². The Balaban J connectivity index is 1.55. The highest BCUT2D eigenvalue weighted by Crippen LogP contribution is 2.32. The van der Waals surface area contributed by atoms with Crippen molar-refractivity contribution in [1.29, 1.82) is 0 Å². The van der Waals surface area contributed by atoms with Crippen molar-refractivity contribution in [3.05, 3.63) is 78.1 Å². The molecule has 5 heteroatoms. The second-order valence-corrected chi connectivity index (χ2v) is 5.95. The van der Waals surface area contributed by atoms with E-state index in [0.29, 0.717) is 13.1 Å². The van der Waals surface area contributed by atoms with E-state index in [1.807, 2.05) is 66.9 Å². The predicted molar refractivity (Wildman–Crippen MR) is 97.2 cm³/mol. The van der Waals surface area contributed by atoms with E-state index in [9.17, 15) is 4.79 Å². The molecule has 126 valence electrons. The van der Waals surface area contributed by atoms with Crippen molar-refractivity contribution >= 4 is 11.7 Å². The average molecular weight is 333 g/mol. The molecule has 0 bridgehead atoms. The summed E-state index contributed by atoms with van der Waals surface area (Å²) in [6, 6.07) is 19.6. The summed E-state index contributed by atoms with van der Waals surface area (Å²) in [4.78, 5) is 14.6. The Kier molecular flexibility index (Phi) is 3.90. The van der Waals surface area contributed by atoms with Crippen LogP contribution in [0, 0.1) is 0 Å². The Labute approximate surface area is 146 Å². The van der Waals surface area contributed by atoms with Gasteiger partial charge in [-0.2, -0.15) is 0 Å². The van der Waals surface area contributed by atoms with Gasteiger partial charge in [-0.1, -0.05) is 24.3 Å². The third-order valence-electron chi connectivity index (χ3n) is 4.41. The molecule has 0 saturated heterocycles. The van der Waals surface area contributed by atoms with Gasteiger partial charge in [0.25, 0.3) is 0 Å². The first-order valence-electron chi connectivity index (χ1n) is 8.20. The number of nitrogens with zero attached hydrogens (tertiary/aromatic N) is 2. The molecule has 0 spiro atoms. The fourth-order valence-electron chi connectivity index (χ4n) is 3.16. The number of carbonyl (C=O) groups is 1. The van der Waals surface area contributed by atoms with Crippen molar-refractivity contribution in [2.75, 3.05) is 12.0 Å². The Morgan fingerprint density at radius 2 is 1.92 bits per heavy atom. The van der Waals surface area contributed by atoms with Crippen LogP contribution < -0.4 is 15.0 Å². The van der Waals surface area contributed by atoms with E-state index in [1.54, 1.807) is 12.0 Å². The molecule has 2 amide bonds. The molecule has 2 heterocycles. The number of carbonyl (C=O) groups excluding carboxylic acids is 1. The number of urea groups is 1. The lowest BCUT2D eigenvalue weighted by Crippen LogP contribution is -2.41. The summed E-state index contributed by atoms with van der Waals surface area (Å²) in [5, 5.41) is 3.01. The summed E-state index contributed by atoms with van der Waals surface area (Å²) in [6.45, 7) is 1.00. The number of fused-ring (bicyclic) bond motifs is 3. The number of para-hydroxylation sites is 2. The predicted octanol–water partition coefficient (Wildman–Crippen LogP) is 3.72. The van der Waals surface area contributed by atoms with Crippen LogP contribution in [0.15, 0.2) is 66.9 Å². The van der Waals surface area contributed by atoms with Crippen LogP contribution in [0.1, 0.15) is 11.3 Å². The summed E-state index contributed by atoms with van der Waals surface area (Å²) in [7, 11) is 1.64. The molecule has 0 radical (unpaired) electrons. The number of amides is 2. The van der Waals surface area contributed by atoms with Gasteiger partial charge in [0.2, 0.25) is 0 Å². The molecular weight excluding hydrogens is 314 g/mol. The zero-order valence-electron chi connectivity index (χ0n) is 14.0. The van der Waals surface area contributed by atoms with Gasteiger partial charge in [0.15, 0.2) is 0 Å².